The summed E-state index contributed by atoms with van der Waals surface area (Å²) >= 11 is 0. The Morgan fingerprint density at radius 2 is 1.12 bits per heavy atom. The van der Waals surface area contributed by atoms with E-state index in [0.29, 0.717) is 0 Å². The van der Waals surface area contributed by atoms with Gasteiger partial charge in [0.25, 0.3) is 0 Å². The lowest BCUT2D eigenvalue weighted by Crippen LogP contribution is -2.67. The van der Waals surface area contributed by atoms with Crippen LogP contribution < -0.4 is 10.4 Å². The number of benzene rings is 2. The zero-order chi connectivity index (χ0) is 23.5. The van der Waals surface area contributed by atoms with Crippen LogP contribution in [0.15, 0.2) is 98.6 Å². The summed E-state index contributed by atoms with van der Waals surface area (Å²) in [7, 11) is -5.48. The summed E-state index contributed by atoms with van der Waals surface area (Å²) in [5, 5.41) is 2.05. The molecule has 0 spiro atoms. The van der Waals surface area contributed by atoms with E-state index in [4.69, 9.17) is 16.5 Å². The maximum absolute atomic E-state index is 6.93. The molecule has 0 atom stereocenters. The van der Waals surface area contributed by atoms with Crippen LogP contribution in [0, 0.1) is 0 Å². The molecular weight excluding hydrogens is 481 g/mol. The average molecular weight is 512 g/mol. The lowest BCUT2D eigenvalue weighted by atomic mass is 10.4. The van der Waals surface area contributed by atoms with E-state index in [1.807, 2.05) is 61.2 Å². The van der Waals surface area contributed by atoms with Gasteiger partial charge in [0.2, 0.25) is 10.5 Å². The first-order valence-electron chi connectivity index (χ1n) is 10.5. The molecule has 0 amide bonds. The molecule has 5 radical (unpaired) electrons. The summed E-state index contributed by atoms with van der Waals surface area (Å²) in [4.78, 5) is 0. The Hall–Kier alpha value is -1.42. The van der Waals surface area contributed by atoms with Gasteiger partial charge >= 0.3 is 27.1 Å². The monoisotopic (exact) mass is 511 g/mol. The summed E-state index contributed by atoms with van der Waals surface area (Å²) in [5.41, 5.74) is 0. The molecule has 0 aliphatic rings. The van der Waals surface area contributed by atoms with Crippen molar-refractivity contribution in [1.29, 1.82) is 0 Å². The van der Waals surface area contributed by atoms with E-state index in [-0.39, 0.29) is 0 Å². The van der Waals surface area contributed by atoms with Gasteiger partial charge in [-0.25, -0.2) is 0 Å². The van der Waals surface area contributed by atoms with Gasteiger partial charge in [0.15, 0.2) is 8.32 Å². The maximum atomic E-state index is 6.93. The van der Waals surface area contributed by atoms with E-state index >= 15 is 0 Å². The number of rotatable bonds is 15. The highest BCUT2D eigenvalue weighted by atomic mass is 28.5. The Morgan fingerprint density at radius 3 is 1.50 bits per heavy atom. The zero-order valence-corrected chi connectivity index (χ0v) is 23.9. The van der Waals surface area contributed by atoms with Crippen molar-refractivity contribution in [3.63, 3.8) is 0 Å². The Labute approximate surface area is 202 Å². The highest BCUT2D eigenvalue weighted by molar-refractivity contribution is 6.98. The molecule has 32 heavy (non-hydrogen) atoms. The fraction of sp³-hybridized carbons (Fsp3) is 0.217. The van der Waals surface area contributed by atoms with E-state index in [2.05, 4.69) is 61.0 Å². The fourth-order valence-electron chi connectivity index (χ4n) is 3.65. The summed E-state index contributed by atoms with van der Waals surface area (Å²) < 4.78 is 25.8. The van der Waals surface area contributed by atoms with Gasteiger partial charge in [-0.2, -0.15) is 0 Å². The molecule has 2 rings (SSSR count). The standard InChI is InChI=1S/C23H31O4Si5/c1-6-19-31(20-7-2,21-8-3)25-30(5)27-32(26-29(4)24-28,22-15-11-9-12-16-22)23-17-13-10-14-18-23/h6-18H,1-3,19-21H2,4-5H3. The third-order valence-corrected chi connectivity index (χ3v) is 18.9. The predicted octanol–water partition coefficient (Wildman–Crippen LogP) is 4.13. The van der Waals surface area contributed by atoms with Crippen LogP contribution in [0.1, 0.15) is 0 Å². The third-order valence-electron chi connectivity index (χ3n) is 4.94. The molecule has 0 fully saturated rings. The first-order chi connectivity index (χ1) is 15.4. The molecule has 167 valence electrons. The summed E-state index contributed by atoms with van der Waals surface area (Å²) in [6.45, 7) is 15.9. The molecule has 2 aromatic rings. The number of hydrogen-bond donors (Lipinski definition) is 0. The molecular formula is C23H31O4Si5. The second-order valence-electron chi connectivity index (χ2n) is 7.40. The van der Waals surface area contributed by atoms with Crippen LogP contribution in [0.25, 0.3) is 0 Å². The molecule has 0 saturated heterocycles. The van der Waals surface area contributed by atoms with Crippen molar-refractivity contribution in [1.82, 2.24) is 0 Å². The van der Waals surface area contributed by atoms with Crippen molar-refractivity contribution in [3.8, 4) is 0 Å². The first kappa shape index (κ1) is 26.8. The van der Waals surface area contributed by atoms with Gasteiger partial charge in [-0.05, 0) is 41.6 Å². The maximum Gasteiger partial charge on any atom is 0.389 e. The molecule has 0 N–H and O–H groups in total. The molecule has 0 aliphatic carbocycles. The van der Waals surface area contributed by atoms with Crippen LogP contribution >= 0.6 is 0 Å². The lowest BCUT2D eigenvalue weighted by molar-refractivity contribution is 0.343. The molecule has 0 aromatic heterocycles. The highest BCUT2D eigenvalue weighted by Crippen LogP contribution is 2.26. The Balaban J connectivity index is 2.52. The van der Waals surface area contributed by atoms with E-state index in [9.17, 15) is 0 Å². The minimum absolute atomic E-state index is 0.815. The SMILES string of the molecule is C=CC[Si](CC=C)(CC=C)O[Si](C)O[Si](O[Si](C)O[Si])(c1ccccc1)c1ccccc1. The van der Waals surface area contributed by atoms with Crippen LogP contribution in [0.3, 0.4) is 0 Å². The van der Waals surface area contributed by atoms with E-state index < -0.39 is 35.4 Å². The van der Waals surface area contributed by atoms with Gasteiger partial charge in [-0.15, -0.1) is 19.7 Å². The first-order valence-corrected chi connectivity index (χ1v) is 18.9. The summed E-state index contributed by atoms with van der Waals surface area (Å²) in [6.07, 6.45) is 5.82. The number of allylic oxidation sites excluding steroid dienone is 3. The van der Waals surface area contributed by atoms with Crippen LogP contribution in [0.2, 0.25) is 31.2 Å². The van der Waals surface area contributed by atoms with Gasteiger partial charge in [0.05, 0.1) is 0 Å². The molecule has 2 aromatic carbocycles. The Kier molecular flexibility index (Phi) is 11.2. The molecule has 0 aliphatic heterocycles. The summed E-state index contributed by atoms with van der Waals surface area (Å²) in [6, 6.07) is 22.8. The average Bonchev–Trinajstić information content (AvgIpc) is 2.80. The van der Waals surface area contributed by atoms with Gasteiger partial charge in [-0.3, -0.25) is 0 Å². The van der Waals surface area contributed by atoms with Gasteiger partial charge in [0.1, 0.15) is 0 Å². The van der Waals surface area contributed by atoms with Crippen LogP contribution in [0.4, 0.5) is 0 Å². The molecule has 0 heterocycles. The lowest BCUT2D eigenvalue weighted by Gasteiger charge is -2.38. The van der Waals surface area contributed by atoms with Crippen molar-refractivity contribution in [2.75, 3.05) is 0 Å². The van der Waals surface area contributed by atoms with Crippen molar-refractivity contribution < 1.29 is 16.5 Å². The molecule has 0 unspecified atom stereocenters. The quantitative estimate of drug-likeness (QED) is 0.266. The normalized spacial score (nSPS) is 12.2. The second kappa shape index (κ2) is 13.3. The van der Waals surface area contributed by atoms with Crippen LogP contribution in [0.5, 0.6) is 0 Å². The van der Waals surface area contributed by atoms with E-state index in [1.54, 1.807) is 0 Å². The second-order valence-corrected chi connectivity index (χ2v) is 18.6. The van der Waals surface area contributed by atoms with Crippen molar-refractivity contribution in [3.05, 3.63) is 98.6 Å². The fourth-order valence-corrected chi connectivity index (χ4v) is 17.5. The van der Waals surface area contributed by atoms with Gasteiger partial charge < -0.3 is 16.5 Å². The molecule has 9 heteroatoms. The largest absolute Gasteiger partial charge is 0.436 e. The Morgan fingerprint density at radius 1 is 0.719 bits per heavy atom. The van der Waals surface area contributed by atoms with Crippen molar-refractivity contribution in [2.45, 2.75) is 31.2 Å². The Bertz CT molecular complexity index is 784. The third kappa shape index (κ3) is 7.04. The minimum Gasteiger partial charge on any atom is -0.436 e. The molecule has 4 nitrogen and oxygen atoms in total. The molecule has 0 saturated carbocycles. The number of hydrogen-bond acceptors (Lipinski definition) is 4. The van der Waals surface area contributed by atoms with Crippen LogP contribution in [-0.4, -0.2) is 45.9 Å². The van der Waals surface area contributed by atoms with Crippen LogP contribution in [-0.2, 0) is 16.5 Å². The van der Waals surface area contributed by atoms with E-state index in [0.717, 1.165) is 28.5 Å². The predicted molar refractivity (Wildman–Crippen MR) is 142 cm³/mol. The smallest absolute Gasteiger partial charge is 0.389 e. The zero-order valence-electron chi connectivity index (χ0n) is 18.9. The summed E-state index contributed by atoms with van der Waals surface area (Å²) in [5.74, 6) is 0. The topological polar surface area (TPSA) is 36.9 Å². The van der Waals surface area contributed by atoms with Gasteiger partial charge in [-0.1, -0.05) is 78.9 Å². The highest BCUT2D eigenvalue weighted by Gasteiger charge is 2.47. The van der Waals surface area contributed by atoms with Gasteiger partial charge in [0, 0.05) is 0 Å². The molecule has 0 bridgehead atoms. The van der Waals surface area contributed by atoms with Crippen molar-refractivity contribution in [2.24, 2.45) is 0 Å². The minimum atomic E-state index is -3.11. The van der Waals surface area contributed by atoms with Crippen molar-refractivity contribution >= 4 is 56.3 Å². The van der Waals surface area contributed by atoms with E-state index in [1.165, 1.54) is 0 Å².